The van der Waals surface area contributed by atoms with Crippen LogP contribution >= 0.6 is 0 Å². The smallest absolute Gasteiger partial charge is 0.271 e. The number of nitrogens with zero attached hydrogens (tertiary/aromatic N) is 1. The van der Waals surface area contributed by atoms with Crippen LogP contribution in [0.25, 0.3) is 0 Å². The second-order valence-electron chi connectivity index (χ2n) is 4.86. The van der Waals surface area contributed by atoms with E-state index in [1.54, 1.807) is 6.07 Å². The number of hydrogen-bond donors (Lipinski definition) is 2. The van der Waals surface area contributed by atoms with Gasteiger partial charge in [0.2, 0.25) is 0 Å². The quantitative estimate of drug-likeness (QED) is 0.489. The molecule has 1 heterocycles. The van der Waals surface area contributed by atoms with Gasteiger partial charge in [0.15, 0.2) is 5.79 Å². The third-order valence-corrected chi connectivity index (χ3v) is 2.83. The number of nitro groups is 1. The minimum absolute atomic E-state index is 0.0235. The first-order chi connectivity index (χ1) is 8.87. The third kappa shape index (κ3) is 3.33. The molecule has 1 aliphatic heterocycles. The highest BCUT2D eigenvalue weighted by Gasteiger charge is 2.32. The highest BCUT2D eigenvalue weighted by atomic mass is 16.7. The Bertz CT molecular complexity index is 490. The second kappa shape index (κ2) is 5.02. The molecule has 1 saturated heterocycles. The molecule has 0 amide bonds. The summed E-state index contributed by atoms with van der Waals surface area (Å²) in [5.74, 6) is -0.562. The number of anilines is 2. The van der Waals surface area contributed by atoms with E-state index in [2.05, 4.69) is 5.32 Å². The zero-order valence-corrected chi connectivity index (χ0v) is 10.9. The molecule has 104 valence electrons. The molecule has 1 aliphatic rings. The molecular formula is C12H17N3O4. The van der Waals surface area contributed by atoms with Crippen LogP contribution in [0.2, 0.25) is 0 Å². The largest absolute Gasteiger partial charge is 0.397 e. The summed E-state index contributed by atoms with van der Waals surface area (Å²) >= 11 is 0. The Labute approximate surface area is 110 Å². The Balaban J connectivity index is 1.95. The van der Waals surface area contributed by atoms with Crippen LogP contribution in [0.3, 0.4) is 0 Å². The fraction of sp³-hybridized carbons (Fsp3) is 0.500. The first kappa shape index (κ1) is 13.6. The van der Waals surface area contributed by atoms with Crippen LogP contribution in [0, 0.1) is 10.1 Å². The van der Waals surface area contributed by atoms with Gasteiger partial charge in [-0.2, -0.15) is 0 Å². The van der Waals surface area contributed by atoms with Gasteiger partial charge in [-0.3, -0.25) is 10.1 Å². The Morgan fingerprint density at radius 2 is 2.32 bits per heavy atom. The van der Waals surface area contributed by atoms with Crippen molar-refractivity contribution in [2.75, 3.05) is 24.2 Å². The number of hydrogen-bond acceptors (Lipinski definition) is 6. The normalized spacial score (nSPS) is 21.3. The number of rotatable bonds is 4. The van der Waals surface area contributed by atoms with E-state index in [0.29, 0.717) is 24.5 Å². The van der Waals surface area contributed by atoms with Crippen molar-refractivity contribution in [1.29, 1.82) is 0 Å². The van der Waals surface area contributed by atoms with Gasteiger partial charge in [0.25, 0.3) is 5.69 Å². The monoisotopic (exact) mass is 267 g/mol. The summed E-state index contributed by atoms with van der Waals surface area (Å²) in [6, 6.07) is 4.33. The average molecular weight is 267 g/mol. The molecule has 0 aromatic heterocycles. The summed E-state index contributed by atoms with van der Waals surface area (Å²) in [5, 5.41) is 13.7. The molecule has 7 nitrogen and oxygen atoms in total. The first-order valence-corrected chi connectivity index (χ1v) is 5.97. The molecule has 0 saturated carbocycles. The summed E-state index contributed by atoms with van der Waals surface area (Å²) in [7, 11) is 0. The van der Waals surface area contributed by atoms with Crippen molar-refractivity contribution in [2.24, 2.45) is 0 Å². The molecule has 0 aliphatic carbocycles. The highest BCUT2D eigenvalue weighted by molar-refractivity contribution is 5.69. The Kier molecular flexibility index (Phi) is 3.59. The summed E-state index contributed by atoms with van der Waals surface area (Å²) in [6.07, 6.45) is -0.0652. The molecule has 1 aromatic rings. The predicted molar refractivity (Wildman–Crippen MR) is 70.9 cm³/mol. The predicted octanol–water partition coefficient (Wildman–Crippen LogP) is 1.74. The minimum atomic E-state index is -0.562. The SMILES string of the molecule is CC1(C)OCC(CNc2ccc([N+](=O)[O-])cc2N)O1. The van der Waals surface area contributed by atoms with Crippen molar-refractivity contribution in [3.05, 3.63) is 28.3 Å². The molecule has 0 bridgehead atoms. The summed E-state index contributed by atoms with van der Waals surface area (Å²) < 4.78 is 11.1. The minimum Gasteiger partial charge on any atom is -0.397 e. The number of non-ortho nitro benzene ring substituents is 1. The van der Waals surface area contributed by atoms with Gasteiger partial charge in [-0.1, -0.05) is 0 Å². The van der Waals surface area contributed by atoms with Crippen molar-refractivity contribution in [3.8, 4) is 0 Å². The second-order valence-corrected chi connectivity index (χ2v) is 4.86. The number of nitro benzene ring substituents is 1. The van der Waals surface area contributed by atoms with Gasteiger partial charge in [0.1, 0.15) is 6.10 Å². The topological polar surface area (TPSA) is 99.6 Å². The standard InChI is InChI=1S/C12H17N3O4/c1-12(2)18-7-9(19-12)6-14-11-4-3-8(15(16)17)5-10(11)13/h3-5,9,14H,6-7,13H2,1-2H3. The lowest BCUT2D eigenvalue weighted by atomic mass is 10.2. The van der Waals surface area contributed by atoms with Crippen LogP contribution in [-0.4, -0.2) is 30.0 Å². The van der Waals surface area contributed by atoms with Crippen molar-refractivity contribution in [2.45, 2.75) is 25.7 Å². The fourth-order valence-electron chi connectivity index (χ4n) is 1.91. The van der Waals surface area contributed by atoms with Crippen LogP contribution in [0.1, 0.15) is 13.8 Å². The number of nitrogen functional groups attached to an aromatic ring is 1. The van der Waals surface area contributed by atoms with Gasteiger partial charge >= 0.3 is 0 Å². The zero-order valence-electron chi connectivity index (χ0n) is 10.9. The van der Waals surface area contributed by atoms with E-state index >= 15 is 0 Å². The molecular weight excluding hydrogens is 250 g/mol. The van der Waals surface area contributed by atoms with Gasteiger partial charge < -0.3 is 20.5 Å². The van der Waals surface area contributed by atoms with E-state index in [4.69, 9.17) is 15.2 Å². The highest BCUT2D eigenvalue weighted by Crippen LogP contribution is 2.26. The maximum Gasteiger partial charge on any atom is 0.271 e. The Morgan fingerprint density at radius 3 is 2.84 bits per heavy atom. The van der Waals surface area contributed by atoms with Gasteiger partial charge in [0, 0.05) is 18.7 Å². The molecule has 3 N–H and O–H groups in total. The van der Waals surface area contributed by atoms with E-state index in [1.165, 1.54) is 12.1 Å². The molecule has 2 rings (SSSR count). The van der Waals surface area contributed by atoms with E-state index in [9.17, 15) is 10.1 Å². The molecule has 7 heteroatoms. The number of nitrogens with two attached hydrogens (primary N) is 1. The lowest BCUT2D eigenvalue weighted by Crippen LogP contribution is -2.26. The summed E-state index contributed by atoms with van der Waals surface area (Å²) in [4.78, 5) is 10.1. The summed E-state index contributed by atoms with van der Waals surface area (Å²) in [6.45, 7) is 4.75. The van der Waals surface area contributed by atoms with Crippen LogP contribution in [0.4, 0.5) is 17.1 Å². The Morgan fingerprint density at radius 1 is 1.58 bits per heavy atom. The van der Waals surface area contributed by atoms with Gasteiger partial charge in [0.05, 0.1) is 22.9 Å². The molecule has 0 spiro atoms. The molecule has 19 heavy (non-hydrogen) atoms. The summed E-state index contributed by atoms with van der Waals surface area (Å²) in [5.41, 5.74) is 6.73. The van der Waals surface area contributed by atoms with E-state index in [1.807, 2.05) is 13.8 Å². The van der Waals surface area contributed by atoms with Gasteiger partial charge in [-0.05, 0) is 19.9 Å². The van der Waals surface area contributed by atoms with Crippen LogP contribution in [0.5, 0.6) is 0 Å². The number of ether oxygens (including phenoxy) is 2. The van der Waals surface area contributed by atoms with Crippen molar-refractivity contribution >= 4 is 17.1 Å². The molecule has 1 aromatic carbocycles. The third-order valence-electron chi connectivity index (χ3n) is 2.83. The average Bonchev–Trinajstić information content (AvgIpc) is 2.67. The van der Waals surface area contributed by atoms with Crippen molar-refractivity contribution in [1.82, 2.24) is 0 Å². The zero-order chi connectivity index (χ0) is 14.0. The maximum absolute atomic E-state index is 10.6. The Hall–Kier alpha value is -1.86. The van der Waals surface area contributed by atoms with E-state index < -0.39 is 10.7 Å². The van der Waals surface area contributed by atoms with Crippen molar-refractivity contribution in [3.63, 3.8) is 0 Å². The first-order valence-electron chi connectivity index (χ1n) is 5.97. The van der Waals surface area contributed by atoms with Crippen LogP contribution in [-0.2, 0) is 9.47 Å². The number of benzene rings is 1. The fourth-order valence-corrected chi connectivity index (χ4v) is 1.91. The lowest BCUT2D eigenvalue weighted by molar-refractivity contribution is -0.384. The van der Waals surface area contributed by atoms with Crippen molar-refractivity contribution < 1.29 is 14.4 Å². The maximum atomic E-state index is 10.6. The molecule has 0 radical (unpaired) electrons. The lowest BCUT2D eigenvalue weighted by Gasteiger charge is -2.17. The molecule has 1 unspecified atom stereocenters. The van der Waals surface area contributed by atoms with Gasteiger partial charge in [-0.25, -0.2) is 0 Å². The van der Waals surface area contributed by atoms with Crippen LogP contribution < -0.4 is 11.1 Å². The van der Waals surface area contributed by atoms with Gasteiger partial charge in [-0.15, -0.1) is 0 Å². The van der Waals surface area contributed by atoms with E-state index in [-0.39, 0.29) is 11.8 Å². The van der Waals surface area contributed by atoms with E-state index in [0.717, 1.165) is 0 Å². The number of nitrogens with one attached hydrogen (secondary N) is 1. The molecule has 1 atom stereocenters. The van der Waals surface area contributed by atoms with Crippen LogP contribution in [0.15, 0.2) is 18.2 Å². The molecule has 1 fully saturated rings.